The molecule has 4 nitrogen and oxygen atoms in total. The van der Waals surface area contributed by atoms with Crippen molar-refractivity contribution in [3.63, 3.8) is 0 Å². The van der Waals surface area contributed by atoms with Gasteiger partial charge >= 0.3 is 0 Å². The molecule has 0 bridgehead atoms. The van der Waals surface area contributed by atoms with Crippen LogP contribution in [0.4, 0.5) is 4.79 Å². The molecule has 0 aliphatic carbocycles. The molecule has 0 heterocycles. The van der Waals surface area contributed by atoms with Crippen molar-refractivity contribution in [2.75, 3.05) is 0 Å². The maximum Gasteiger partial charge on any atom is 0.249 e. The molecule has 0 rings (SSSR count). The van der Waals surface area contributed by atoms with E-state index in [9.17, 15) is 0 Å². The van der Waals surface area contributed by atoms with Gasteiger partial charge in [-0.25, -0.2) is 0 Å². The third kappa shape index (κ3) is 163. The van der Waals surface area contributed by atoms with Crippen molar-refractivity contribution in [2.45, 2.75) is 0 Å². The second-order valence-corrected chi connectivity index (χ2v) is 0.266. The van der Waals surface area contributed by atoms with E-state index in [1.165, 1.54) is 0 Å². The van der Waals surface area contributed by atoms with Gasteiger partial charge in [-0.05, 0) is 0 Å². The van der Waals surface area contributed by atoms with Gasteiger partial charge < -0.3 is 21.2 Å². The summed E-state index contributed by atoms with van der Waals surface area (Å²) in [6, 6.07) is 0. The molecular weight excluding hydrogens is 214 g/mol. The largest absolute Gasteiger partial charge is 0.565 e. The Morgan fingerprint density at radius 1 is 1.67 bits per heavy atom. The van der Waals surface area contributed by atoms with Gasteiger partial charge in [-0.1, -0.05) is 0 Å². The van der Waals surface area contributed by atoms with Crippen molar-refractivity contribution < 1.29 is 56.8 Å². The molecule has 6 heavy (non-hydrogen) atoms. The number of carboxylic acid groups (broad SMARTS) is 2. The first-order chi connectivity index (χ1) is 1.73. The molecule has 0 saturated carbocycles. The predicted molar refractivity (Wildman–Crippen MR) is 14.0 cm³/mol. The molecule has 0 spiro atoms. The van der Waals surface area contributed by atoms with E-state index in [1.807, 2.05) is 0 Å². The maximum atomic E-state index is 8.44. The minimum Gasteiger partial charge on any atom is -0.565 e. The van der Waals surface area contributed by atoms with Crippen LogP contribution in [0.3, 0.4) is 0 Å². The number of hydrogen-bond donors (Lipinski definition) is 2. The molecule has 0 atom stereocenters. The normalized spacial score (nSPS) is 4.00. The van der Waals surface area contributed by atoms with Crippen LogP contribution < -0.4 is 11.3 Å². The summed E-state index contributed by atoms with van der Waals surface area (Å²) in [5, 5.41) is 15.3. The van der Waals surface area contributed by atoms with E-state index in [4.69, 9.17) is 15.0 Å². The Balaban J connectivity index is -0.0000000450. The van der Waals surface area contributed by atoms with Crippen LogP contribution >= 0.6 is 0 Å². The van der Waals surface area contributed by atoms with E-state index in [-0.39, 0.29) is 47.9 Å². The van der Waals surface area contributed by atoms with Gasteiger partial charge in [0, 0.05) is 41.7 Å². The average Bonchev–Trinajstić information content (AvgIpc) is 0.811. The van der Waals surface area contributed by atoms with E-state index in [0.717, 1.165) is 0 Å². The molecule has 36 valence electrons. The van der Waals surface area contributed by atoms with Crippen molar-refractivity contribution in [1.29, 1.82) is 0 Å². The number of quaternary nitrogens is 1. The summed E-state index contributed by atoms with van der Waals surface area (Å²) in [6.45, 7) is 0. The van der Waals surface area contributed by atoms with Crippen molar-refractivity contribution in [3.8, 4) is 0 Å². The second-order valence-electron chi connectivity index (χ2n) is 0.266. The zero-order valence-corrected chi connectivity index (χ0v) is 6.40. The Hall–Kier alpha value is 0.607. The molecule has 0 aliphatic heterocycles. The predicted octanol–water partition coefficient (Wildman–Crippen LogP) is -0.736. The number of carbonyl (C=O) groups is 1. The third-order valence-electron chi connectivity index (χ3n) is 0. The van der Waals surface area contributed by atoms with Crippen LogP contribution in [0.25, 0.3) is 0 Å². The quantitative estimate of drug-likeness (QED) is 0.561. The summed E-state index contributed by atoms with van der Waals surface area (Å²) >= 11 is 0. The average molecular weight is 219 g/mol. The van der Waals surface area contributed by atoms with E-state index in [1.54, 1.807) is 0 Å². The number of rotatable bonds is 0. The van der Waals surface area contributed by atoms with E-state index in [2.05, 4.69) is 0 Å². The molecule has 0 saturated heterocycles. The van der Waals surface area contributed by atoms with Crippen molar-refractivity contribution in [3.05, 3.63) is 0 Å². The van der Waals surface area contributed by atoms with Crippen LogP contribution in [0.15, 0.2) is 0 Å². The van der Waals surface area contributed by atoms with Gasteiger partial charge in [0.25, 0.3) is 0 Å². The number of hydrogen-bond acceptors (Lipinski definition) is 2. The Morgan fingerprint density at radius 3 is 1.67 bits per heavy atom. The van der Waals surface area contributed by atoms with Crippen LogP contribution in [0.5, 0.6) is 0 Å². The molecule has 0 aromatic rings. The molecule has 0 amide bonds. The molecule has 0 aliphatic rings. The Kier molecular flexibility index (Phi) is 24.3. The molecule has 0 aromatic carbocycles. The zero-order chi connectivity index (χ0) is 3.58. The van der Waals surface area contributed by atoms with Gasteiger partial charge in [0.1, 0.15) is 0 Å². The minimum absolute atomic E-state index is 0. The molecular formula is CH5CeNO3. The minimum atomic E-state index is -2.08. The van der Waals surface area contributed by atoms with Gasteiger partial charge in [-0.3, -0.25) is 0 Å². The topological polar surface area (TPSA) is 96.9 Å². The van der Waals surface area contributed by atoms with Crippen LogP contribution in [-0.4, -0.2) is 11.3 Å². The van der Waals surface area contributed by atoms with E-state index < -0.39 is 6.16 Å². The molecule has 0 radical (unpaired) electrons. The van der Waals surface area contributed by atoms with E-state index in [0.29, 0.717) is 0 Å². The van der Waals surface area contributed by atoms with Crippen molar-refractivity contribution >= 4 is 6.16 Å². The van der Waals surface area contributed by atoms with Gasteiger partial charge in [0.2, 0.25) is 6.16 Å². The summed E-state index contributed by atoms with van der Waals surface area (Å²) in [7, 11) is 0. The first-order valence-electron chi connectivity index (χ1n) is 0.632. The smallest absolute Gasteiger partial charge is 0.249 e. The standard InChI is InChI=1S/CH2O3.Ce.H3N/c2-1(3)4;;/h(H2,2,3,4);;1H3. The van der Waals surface area contributed by atoms with Crippen LogP contribution in [0, 0.1) is 41.7 Å². The van der Waals surface area contributed by atoms with Gasteiger partial charge in [-0.15, -0.1) is 0 Å². The van der Waals surface area contributed by atoms with Gasteiger partial charge in [0.15, 0.2) is 0 Å². The molecule has 0 fully saturated rings. The first-order valence-corrected chi connectivity index (χ1v) is 0.632. The fraction of sp³-hybridized carbons (Fsp3) is 0. The summed E-state index contributed by atoms with van der Waals surface area (Å²) in [5.74, 6) is 0. The molecule has 5 heteroatoms. The monoisotopic (exact) mass is 219 g/mol. The van der Waals surface area contributed by atoms with E-state index >= 15 is 0 Å². The van der Waals surface area contributed by atoms with Crippen LogP contribution in [0.2, 0.25) is 0 Å². The fourth-order valence-corrected chi connectivity index (χ4v) is 0. The van der Waals surface area contributed by atoms with Crippen molar-refractivity contribution in [1.82, 2.24) is 6.15 Å². The molecule has 0 aromatic heterocycles. The summed E-state index contributed by atoms with van der Waals surface area (Å²) < 4.78 is 0. The third-order valence-corrected chi connectivity index (χ3v) is 0. The first kappa shape index (κ1) is 16.0. The molecule has 0 unspecified atom stereocenters. The molecule has 5 N–H and O–H groups in total. The maximum absolute atomic E-state index is 8.44. The Bertz CT molecular complexity index is 33.8. The zero-order valence-electron chi connectivity index (χ0n) is 3.26. The fourth-order valence-electron chi connectivity index (χ4n) is 0. The second kappa shape index (κ2) is 9.15. The SMILES string of the molecule is O=C([O-])O.[Ce].[NH4+]. The van der Waals surface area contributed by atoms with Crippen LogP contribution in [0.1, 0.15) is 0 Å². The Labute approximate surface area is 68.5 Å². The van der Waals surface area contributed by atoms with Crippen molar-refractivity contribution in [2.24, 2.45) is 0 Å². The summed E-state index contributed by atoms with van der Waals surface area (Å²) in [6.07, 6.45) is -2.08. The van der Waals surface area contributed by atoms with Gasteiger partial charge in [0.05, 0.1) is 0 Å². The van der Waals surface area contributed by atoms with Gasteiger partial charge in [-0.2, -0.15) is 0 Å². The summed E-state index contributed by atoms with van der Waals surface area (Å²) in [5.41, 5.74) is 0. The summed E-state index contributed by atoms with van der Waals surface area (Å²) in [4.78, 5) is 8.44. The van der Waals surface area contributed by atoms with Crippen LogP contribution in [-0.2, 0) is 0 Å². The Morgan fingerprint density at radius 2 is 1.67 bits per heavy atom.